The van der Waals surface area contributed by atoms with Crippen LogP contribution in [0.5, 0.6) is 0 Å². The predicted molar refractivity (Wildman–Crippen MR) is 128 cm³/mol. The Morgan fingerprint density at radius 2 is 1.66 bits per heavy atom. The summed E-state index contributed by atoms with van der Waals surface area (Å²) in [5.74, 6) is -0.558. The molecule has 0 aliphatic heterocycles. The zero-order chi connectivity index (χ0) is 24.9. The lowest BCUT2D eigenvalue weighted by Gasteiger charge is -2.25. The summed E-state index contributed by atoms with van der Waals surface area (Å²) in [4.78, 5) is 47.5. The van der Waals surface area contributed by atoms with Gasteiger partial charge in [0.1, 0.15) is 17.7 Å². The molecule has 0 aromatic carbocycles. The first-order valence-electron chi connectivity index (χ1n) is 10.7. The van der Waals surface area contributed by atoms with E-state index >= 15 is 0 Å². The minimum absolute atomic E-state index is 0.0870. The van der Waals surface area contributed by atoms with E-state index in [-0.39, 0.29) is 12.5 Å². The summed E-state index contributed by atoms with van der Waals surface area (Å²) in [6.07, 6.45) is 7.42. The number of esters is 1. The number of carbonyl (C=O) groups excluding carboxylic acids is 4. The second-order valence-electron chi connectivity index (χ2n) is 9.49. The van der Waals surface area contributed by atoms with Crippen molar-refractivity contribution in [3.63, 3.8) is 0 Å². The second-order valence-corrected chi connectivity index (χ2v) is 14.1. The van der Waals surface area contributed by atoms with Gasteiger partial charge in [-0.1, -0.05) is 0 Å². The highest BCUT2D eigenvalue weighted by Gasteiger charge is 2.22. The highest BCUT2D eigenvalue weighted by molar-refractivity contribution is 8.32. The van der Waals surface area contributed by atoms with Gasteiger partial charge < -0.3 is 31.2 Å². The van der Waals surface area contributed by atoms with Crippen molar-refractivity contribution in [2.24, 2.45) is 5.73 Å². The van der Waals surface area contributed by atoms with Gasteiger partial charge in [-0.15, -0.1) is 0 Å². The first kappa shape index (κ1) is 30.0. The molecule has 0 spiro atoms. The van der Waals surface area contributed by atoms with Crippen LogP contribution in [-0.4, -0.2) is 85.8 Å². The Balaban J connectivity index is 4.38. The highest BCUT2D eigenvalue weighted by atomic mass is 32.3. The normalized spacial score (nSPS) is 14.0. The van der Waals surface area contributed by atoms with E-state index in [1.807, 2.05) is 0 Å². The number of nitrogens with one attached hydrogen (secondary N) is 3. The molecule has 11 heteroatoms. The maximum absolute atomic E-state index is 12.5. The predicted octanol–water partition coefficient (Wildman–Crippen LogP) is 0.867. The molecule has 2 atom stereocenters. The van der Waals surface area contributed by atoms with Gasteiger partial charge in [0.25, 0.3) is 0 Å². The summed E-state index contributed by atoms with van der Waals surface area (Å²) < 4.78 is 10.3. The van der Waals surface area contributed by atoms with Gasteiger partial charge in [-0.25, -0.2) is 14.8 Å². The molecule has 0 rings (SSSR count). The van der Waals surface area contributed by atoms with E-state index in [4.69, 9.17) is 15.2 Å². The number of amides is 3. The molecule has 0 aliphatic carbocycles. The molecule has 0 unspecified atom stereocenters. The van der Waals surface area contributed by atoms with Gasteiger partial charge in [-0.2, -0.15) is 0 Å². The molecule has 0 fully saturated rings. The van der Waals surface area contributed by atoms with Crippen LogP contribution in [0.4, 0.5) is 4.79 Å². The van der Waals surface area contributed by atoms with Crippen LogP contribution in [0.25, 0.3) is 0 Å². The van der Waals surface area contributed by atoms with Gasteiger partial charge in [0.15, 0.2) is 0 Å². The molecule has 0 saturated heterocycles. The fraction of sp³-hybridized carbons (Fsp3) is 0.810. The smallest absolute Gasteiger partial charge is 0.407 e. The van der Waals surface area contributed by atoms with Crippen LogP contribution in [0, 0.1) is 0 Å². The summed E-state index contributed by atoms with van der Waals surface area (Å²) in [5.41, 5.74) is 5.24. The fourth-order valence-electron chi connectivity index (χ4n) is 2.41. The largest absolute Gasteiger partial charge is 0.464 e. The van der Waals surface area contributed by atoms with Gasteiger partial charge in [0.05, 0.1) is 6.61 Å². The number of hydrogen-bond donors (Lipinski definition) is 4. The van der Waals surface area contributed by atoms with E-state index < -0.39 is 45.7 Å². The third-order valence-electron chi connectivity index (χ3n) is 4.02. The van der Waals surface area contributed by atoms with Crippen molar-refractivity contribution in [1.29, 1.82) is 0 Å². The van der Waals surface area contributed by atoms with Gasteiger partial charge in [0.2, 0.25) is 11.8 Å². The zero-order valence-electron chi connectivity index (χ0n) is 20.5. The molecule has 0 aliphatic rings. The van der Waals surface area contributed by atoms with E-state index in [0.717, 1.165) is 5.75 Å². The quantitative estimate of drug-likeness (QED) is 0.227. The summed E-state index contributed by atoms with van der Waals surface area (Å²) in [6.45, 7) is 7.26. The lowest BCUT2D eigenvalue weighted by molar-refractivity contribution is -0.144. The molecule has 32 heavy (non-hydrogen) atoms. The molecule has 0 bridgehead atoms. The van der Waals surface area contributed by atoms with Crippen LogP contribution in [0.15, 0.2) is 0 Å². The van der Waals surface area contributed by atoms with Crippen molar-refractivity contribution in [3.05, 3.63) is 0 Å². The Bertz CT molecular complexity index is 631. The van der Waals surface area contributed by atoms with Gasteiger partial charge in [0, 0.05) is 25.8 Å². The number of carbonyl (C=O) groups is 4. The third-order valence-corrected chi connectivity index (χ3v) is 5.41. The minimum atomic E-state index is -0.982. The van der Waals surface area contributed by atoms with Crippen molar-refractivity contribution < 1.29 is 28.7 Å². The Labute approximate surface area is 193 Å². The molecule has 0 aromatic heterocycles. The molecule has 5 N–H and O–H groups in total. The standard InChI is InChI=1S/C21H42N4O6S/c1-15(26)25-17(10-8-9-11-23-20(29)31-21(2,3)4)18(27)24-14-16(22)19(28)30-12-13-32(5,6)7/h16-17H,8-14,22H2,1-7H3,(H,23,29)(H,24,27)(H,25,26)/t16-,17+/m1/s1. The monoisotopic (exact) mass is 478 g/mol. The van der Waals surface area contributed by atoms with Crippen LogP contribution in [-0.2, 0) is 23.9 Å². The van der Waals surface area contributed by atoms with Gasteiger partial charge in [-0.3, -0.25) is 14.4 Å². The van der Waals surface area contributed by atoms with Crippen LogP contribution in [0.3, 0.4) is 0 Å². The van der Waals surface area contributed by atoms with E-state index in [9.17, 15) is 19.2 Å². The maximum atomic E-state index is 12.5. The van der Waals surface area contributed by atoms with E-state index in [1.54, 1.807) is 20.8 Å². The molecule has 0 saturated carbocycles. The molecule has 3 amide bonds. The number of ether oxygens (including phenoxy) is 2. The molecular formula is C21H42N4O6S. The molecule has 0 heterocycles. The minimum Gasteiger partial charge on any atom is -0.464 e. The summed E-state index contributed by atoms with van der Waals surface area (Å²) in [5, 5.41) is 7.84. The molecule has 0 radical (unpaired) electrons. The summed E-state index contributed by atoms with van der Waals surface area (Å²) >= 11 is 0. The lowest BCUT2D eigenvalue weighted by Crippen LogP contribution is -2.50. The first-order chi connectivity index (χ1) is 14.6. The Hall–Kier alpha value is -2.01. The summed E-state index contributed by atoms with van der Waals surface area (Å²) in [7, 11) is -0.778. The van der Waals surface area contributed by atoms with E-state index in [0.29, 0.717) is 32.4 Å². The van der Waals surface area contributed by atoms with Crippen LogP contribution < -0.4 is 21.7 Å². The van der Waals surface area contributed by atoms with E-state index in [1.165, 1.54) is 6.92 Å². The Kier molecular flexibility index (Phi) is 13.3. The van der Waals surface area contributed by atoms with Crippen LogP contribution >= 0.6 is 10.0 Å². The SMILES string of the molecule is CC(=O)N[C@@H](CCCCNC(=O)OC(C)(C)C)C(=O)NC[C@@H](N)C(=O)OCCS(C)(C)C. The number of unbranched alkanes of at least 4 members (excludes halogenated alkanes) is 1. The number of rotatable bonds is 13. The fourth-order valence-corrected chi connectivity index (χ4v) is 2.99. The Morgan fingerprint density at radius 1 is 1.03 bits per heavy atom. The molecule has 10 nitrogen and oxygen atoms in total. The van der Waals surface area contributed by atoms with Crippen LogP contribution in [0.1, 0.15) is 47.0 Å². The van der Waals surface area contributed by atoms with Crippen molar-refractivity contribution in [3.8, 4) is 0 Å². The van der Waals surface area contributed by atoms with E-state index in [2.05, 4.69) is 34.7 Å². The highest BCUT2D eigenvalue weighted by Crippen LogP contribution is 2.33. The topological polar surface area (TPSA) is 149 Å². The maximum Gasteiger partial charge on any atom is 0.407 e. The zero-order valence-corrected chi connectivity index (χ0v) is 21.4. The van der Waals surface area contributed by atoms with Crippen molar-refractivity contribution >= 4 is 33.9 Å². The van der Waals surface area contributed by atoms with Gasteiger partial charge >= 0.3 is 12.1 Å². The third kappa shape index (κ3) is 16.7. The number of nitrogens with two attached hydrogens (primary N) is 1. The number of alkyl carbamates (subject to hydrolysis) is 1. The second kappa shape index (κ2) is 14.2. The van der Waals surface area contributed by atoms with Gasteiger partial charge in [-0.05, 0) is 58.8 Å². The molecular weight excluding hydrogens is 436 g/mol. The van der Waals surface area contributed by atoms with Crippen molar-refractivity contribution in [2.75, 3.05) is 44.2 Å². The molecule has 188 valence electrons. The summed E-state index contributed by atoms with van der Waals surface area (Å²) in [6, 6.07) is -1.74. The lowest BCUT2D eigenvalue weighted by atomic mass is 10.1. The number of hydrogen-bond acceptors (Lipinski definition) is 7. The van der Waals surface area contributed by atoms with Crippen LogP contribution in [0.2, 0.25) is 0 Å². The van der Waals surface area contributed by atoms with Crippen molar-refractivity contribution in [2.45, 2.75) is 64.6 Å². The molecule has 0 aromatic rings. The Morgan fingerprint density at radius 3 is 2.19 bits per heavy atom. The first-order valence-corrected chi connectivity index (χ1v) is 13.7. The average Bonchev–Trinajstić information content (AvgIpc) is 2.61. The average molecular weight is 479 g/mol. The van der Waals surface area contributed by atoms with Crippen molar-refractivity contribution in [1.82, 2.24) is 16.0 Å².